The zero-order chi connectivity index (χ0) is 22.1. The lowest BCUT2D eigenvalue weighted by atomic mass is 10.0. The van der Waals surface area contributed by atoms with Crippen molar-refractivity contribution in [2.24, 2.45) is 7.05 Å². The Morgan fingerprint density at radius 1 is 1.06 bits per heavy atom. The van der Waals surface area contributed by atoms with Gasteiger partial charge in [-0.1, -0.05) is 41.9 Å². The lowest BCUT2D eigenvalue weighted by Crippen LogP contribution is -2.32. The predicted octanol–water partition coefficient (Wildman–Crippen LogP) is 5.44. The Hall–Kier alpha value is -3.31. The number of carbonyl (C=O) groups is 1. The zero-order valence-corrected chi connectivity index (χ0v) is 18.7. The van der Waals surface area contributed by atoms with Gasteiger partial charge in [-0.15, -0.1) is 0 Å². The maximum absolute atomic E-state index is 13.5. The summed E-state index contributed by atoms with van der Waals surface area (Å²) < 4.78 is 3.97. The molecule has 2 aromatic heterocycles. The van der Waals surface area contributed by atoms with Crippen LogP contribution in [0.4, 0.5) is 0 Å². The second-order valence-electron chi connectivity index (χ2n) is 8.26. The predicted molar refractivity (Wildman–Crippen MR) is 127 cm³/mol. The van der Waals surface area contributed by atoms with Crippen molar-refractivity contribution in [1.29, 1.82) is 0 Å². The number of hydrogen-bond donors (Lipinski definition) is 0. The van der Waals surface area contributed by atoms with Gasteiger partial charge in [0.05, 0.1) is 23.8 Å². The molecule has 5 nitrogen and oxygen atoms in total. The summed E-state index contributed by atoms with van der Waals surface area (Å²) in [6.07, 6.45) is 6.35. The standard InChI is InChI=1S/C26H25ClN4O/c1-29-15-5-9-23(29)24-10-6-16-30(24)25(32)17-20-18-31(22-7-3-2-4-8-22)28-26(20)19-11-13-21(27)14-12-19/h2-5,7-9,11-15,18,24H,6,10,16-17H2,1H3. The number of rotatable bonds is 5. The fourth-order valence-corrected chi connectivity index (χ4v) is 4.69. The Morgan fingerprint density at radius 3 is 2.56 bits per heavy atom. The Morgan fingerprint density at radius 2 is 1.84 bits per heavy atom. The van der Waals surface area contributed by atoms with Gasteiger partial charge in [0.2, 0.25) is 5.91 Å². The van der Waals surface area contributed by atoms with Crippen LogP contribution >= 0.6 is 11.6 Å². The lowest BCUT2D eigenvalue weighted by Gasteiger charge is -2.25. The number of benzene rings is 2. The van der Waals surface area contributed by atoms with E-state index in [0.717, 1.165) is 41.9 Å². The number of aromatic nitrogens is 3. The van der Waals surface area contributed by atoms with Crippen LogP contribution in [0.15, 0.2) is 79.1 Å². The normalized spacial score (nSPS) is 15.9. The summed E-state index contributed by atoms with van der Waals surface area (Å²) in [5.74, 6) is 0.136. The van der Waals surface area contributed by atoms with Crippen LogP contribution in [0.5, 0.6) is 0 Å². The molecule has 1 atom stereocenters. The van der Waals surface area contributed by atoms with E-state index < -0.39 is 0 Å². The molecule has 0 aliphatic carbocycles. The number of carbonyl (C=O) groups excluding carboxylic acids is 1. The largest absolute Gasteiger partial charge is 0.353 e. The zero-order valence-electron chi connectivity index (χ0n) is 18.0. The summed E-state index contributed by atoms with van der Waals surface area (Å²) in [5, 5.41) is 5.52. The van der Waals surface area contributed by atoms with Gasteiger partial charge in [0.25, 0.3) is 0 Å². The van der Waals surface area contributed by atoms with E-state index in [1.54, 1.807) is 0 Å². The fourth-order valence-electron chi connectivity index (χ4n) is 4.56. The molecule has 4 aromatic rings. The van der Waals surface area contributed by atoms with Crippen LogP contribution in [0.2, 0.25) is 5.02 Å². The molecule has 5 rings (SSSR count). The van der Waals surface area contributed by atoms with Crippen LogP contribution in [0.25, 0.3) is 16.9 Å². The molecule has 1 saturated heterocycles. The van der Waals surface area contributed by atoms with Crippen LogP contribution in [0.1, 0.15) is 30.1 Å². The Labute approximate surface area is 192 Å². The van der Waals surface area contributed by atoms with Crippen LogP contribution in [0, 0.1) is 0 Å². The van der Waals surface area contributed by atoms with E-state index >= 15 is 0 Å². The van der Waals surface area contributed by atoms with E-state index in [-0.39, 0.29) is 11.9 Å². The number of amides is 1. The molecule has 1 unspecified atom stereocenters. The van der Waals surface area contributed by atoms with Crippen molar-refractivity contribution in [3.63, 3.8) is 0 Å². The highest BCUT2D eigenvalue weighted by molar-refractivity contribution is 6.30. The molecule has 32 heavy (non-hydrogen) atoms. The number of hydrogen-bond acceptors (Lipinski definition) is 2. The van der Waals surface area contributed by atoms with Crippen molar-refractivity contribution in [3.05, 3.63) is 95.4 Å². The molecule has 0 radical (unpaired) electrons. The minimum absolute atomic E-state index is 0.130. The van der Waals surface area contributed by atoms with Gasteiger partial charge in [0.15, 0.2) is 0 Å². The van der Waals surface area contributed by atoms with Gasteiger partial charge < -0.3 is 9.47 Å². The van der Waals surface area contributed by atoms with E-state index in [2.05, 4.69) is 10.6 Å². The van der Waals surface area contributed by atoms with E-state index in [9.17, 15) is 4.79 Å². The van der Waals surface area contributed by atoms with Crippen LogP contribution in [0.3, 0.4) is 0 Å². The summed E-state index contributed by atoms with van der Waals surface area (Å²) >= 11 is 6.10. The van der Waals surface area contributed by atoms with Crippen LogP contribution in [-0.2, 0) is 18.3 Å². The first-order valence-electron chi connectivity index (χ1n) is 10.9. The fraction of sp³-hybridized carbons (Fsp3) is 0.231. The van der Waals surface area contributed by atoms with Crippen molar-refractivity contribution in [3.8, 4) is 16.9 Å². The highest BCUT2D eigenvalue weighted by Crippen LogP contribution is 2.33. The molecule has 0 spiro atoms. The Kier molecular flexibility index (Phi) is 5.58. The third kappa shape index (κ3) is 3.96. The molecule has 1 aliphatic heterocycles. The average molecular weight is 445 g/mol. The molecular formula is C26H25ClN4O. The van der Waals surface area contributed by atoms with E-state index in [1.165, 1.54) is 5.69 Å². The molecule has 0 bridgehead atoms. The third-order valence-corrected chi connectivity index (χ3v) is 6.42. The van der Waals surface area contributed by atoms with Gasteiger partial charge >= 0.3 is 0 Å². The number of para-hydroxylation sites is 1. The number of halogens is 1. The van der Waals surface area contributed by atoms with Gasteiger partial charge in [-0.2, -0.15) is 5.10 Å². The Balaban J connectivity index is 1.48. The number of likely N-dealkylation sites (tertiary alicyclic amines) is 1. The minimum Gasteiger partial charge on any atom is -0.353 e. The molecule has 1 fully saturated rings. The van der Waals surface area contributed by atoms with Crippen LogP contribution in [-0.4, -0.2) is 31.7 Å². The van der Waals surface area contributed by atoms with E-state index in [4.69, 9.17) is 16.7 Å². The molecule has 1 amide bonds. The minimum atomic E-state index is 0.130. The quantitative estimate of drug-likeness (QED) is 0.411. The maximum atomic E-state index is 13.5. The van der Waals surface area contributed by atoms with Gasteiger partial charge in [-0.3, -0.25) is 4.79 Å². The molecule has 162 valence electrons. The molecule has 0 N–H and O–H groups in total. The third-order valence-electron chi connectivity index (χ3n) is 6.17. The van der Waals surface area contributed by atoms with Crippen molar-refractivity contribution >= 4 is 17.5 Å². The summed E-state index contributed by atoms with van der Waals surface area (Å²) in [6.45, 7) is 0.789. The summed E-state index contributed by atoms with van der Waals surface area (Å²) in [7, 11) is 2.04. The van der Waals surface area contributed by atoms with Gasteiger partial charge in [-0.25, -0.2) is 4.68 Å². The molecular weight excluding hydrogens is 420 g/mol. The van der Waals surface area contributed by atoms with Crippen molar-refractivity contribution in [2.75, 3.05) is 6.54 Å². The van der Waals surface area contributed by atoms with Gasteiger partial charge in [0.1, 0.15) is 0 Å². The monoisotopic (exact) mass is 444 g/mol. The first-order chi connectivity index (χ1) is 15.6. The van der Waals surface area contributed by atoms with E-state index in [1.807, 2.05) is 89.7 Å². The molecule has 0 saturated carbocycles. The smallest absolute Gasteiger partial charge is 0.227 e. The second kappa shape index (κ2) is 8.67. The van der Waals surface area contributed by atoms with Crippen molar-refractivity contribution in [1.82, 2.24) is 19.2 Å². The summed E-state index contributed by atoms with van der Waals surface area (Å²) in [6, 6.07) is 21.9. The van der Waals surface area contributed by atoms with Gasteiger partial charge in [-0.05, 0) is 49.2 Å². The topological polar surface area (TPSA) is 43.1 Å². The molecule has 1 aliphatic rings. The van der Waals surface area contributed by atoms with Crippen molar-refractivity contribution in [2.45, 2.75) is 25.3 Å². The average Bonchev–Trinajstić information content (AvgIpc) is 3.54. The summed E-state index contributed by atoms with van der Waals surface area (Å²) in [5.41, 5.74) is 4.83. The van der Waals surface area contributed by atoms with Crippen LogP contribution < -0.4 is 0 Å². The van der Waals surface area contributed by atoms with Gasteiger partial charge in [0, 0.05) is 47.8 Å². The number of nitrogens with zero attached hydrogens (tertiary/aromatic N) is 4. The Bertz CT molecular complexity index is 1230. The highest BCUT2D eigenvalue weighted by Gasteiger charge is 2.32. The first kappa shape index (κ1) is 20.6. The first-order valence-corrected chi connectivity index (χ1v) is 11.3. The second-order valence-corrected chi connectivity index (χ2v) is 8.69. The SMILES string of the molecule is Cn1cccc1C1CCCN1C(=O)Cc1cn(-c2ccccc2)nc1-c1ccc(Cl)cc1. The number of aryl methyl sites for hydroxylation is 1. The summed E-state index contributed by atoms with van der Waals surface area (Å²) in [4.78, 5) is 15.5. The maximum Gasteiger partial charge on any atom is 0.227 e. The molecule has 3 heterocycles. The lowest BCUT2D eigenvalue weighted by molar-refractivity contribution is -0.131. The molecule has 6 heteroatoms. The van der Waals surface area contributed by atoms with E-state index in [0.29, 0.717) is 11.4 Å². The molecule has 2 aromatic carbocycles. The van der Waals surface area contributed by atoms with Crippen molar-refractivity contribution < 1.29 is 4.79 Å². The highest BCUT2D eigenvalue weighted by atomic mass is 35.5.